The summed E-state index contributed by atoms with van der Waals surface area (Å²) in [5, 5.41) is 2.78. The highest BCUT2D eigenvalue weighted by molar-refractivity contribution is 7.09. The highest BCUT2D eigenvalue weighted by Gasteiger charge is 2.26. The molecule has 0 saturated carbocycles. The van der Waals surface area contributed by atoms with E-state index in [9.17, 15) is 4.79 Å². The summed E-state index contributed by atoms with van der Waals surface area (Å²) in [7, 11) is 0. The zero-order valence-corrected chi connectivity index (χ0v) is 14.7. The highest BCUT2D eigenvalue weighted by atomic mass is 32.1. The smallest absolute Gasteiger partial charge is 0.273 e. The third-order valence-corrected chi connectivity index (χ3v) is 5.03. The van der Waals surface area contributed by atoms with Gasteiger partial charge in [0.2, 0.25) is 0 Å². The van der Waals surface area contributed by atoms with Crippen LogP contribution in [0, 0.1) is 20.8 Å². The fourth-order valence-corrected chi connectivity index (χ4v) is 3.54. The average Bonchev–Trinajstić information content (AvgIpc) is 2.97. The third-order valence-electron chi connectivity index (χ3n) is 4.26. The maximum absolute atomic E-state index is 12.4. The van der Waals surface area contributed by atoms with Gasteiger partial charge in [-0.1, -0.05) is 18.2 Å². The minimum Gasteiger partial charge on any atom is -0.490 e. The number of hydrogen-bond acceptors (Lipinski definition) is 4. The summed E-state index contributed by atoms with van der Waals surface area (Å²) in [4.78, 5) is 18.6. The Bertz CT molecular complexity index is 683. The van der Waals surface area contributed by atoms with Gasteiger partial charge in [0.05, 0.1) is 5.01 Å². The van der Waals surface area contributed by atoms with E-state index >= 15 is 0 Å². The van der Waals surface area contributed by atoms with Gasteiger partial charge in [-0.25, -0.2) is 4.98 Å². The number of ether oxygens (including phenoxy) is 1. The van der Waals surface area contributed by atoms with Crippen LogP contribution in [0.5, 0.6) is 5.75 Å². The zero-order chi connectivity index (χ0) is 16.4. The molecule has 0 radical (unpaired) electrons. The van der Waals surface area contributed by atoms with E-state index in [1.54, 1.807) is 0 Å². The molecule has 4 nitrogen and oxygen atoms in total. The number of para-hydroxylation sites is 1. The van der Waals surface area contributed by atoms with Gasteiger partial charge in [0.25, 0.3) is 5.91 Å². The normalized spacial score (nSPS) is 15.7. The van der Waals surface area contributed by atoms with E-state index in [0.717, 1.165) is 36.7 Å². The highest BCUT2D eigenvalue weighted by Crippen LogP contribution is 2.26. The van der Waals surface area contributed by atoms with Gasteiger partial charge in [0, 0.05) is 31.3 Å². The number of nitrogens with zero attached hydrogens (tertiary/aromatic N) is 2. The van der Waals surface area contributed by atoms with E-state index in [1.165, 1.54) is 22.5 Å². The second kappa shape index (κ2) is 6.71. The van der Waals surface area contributed by atoms with Crippen LogP contribution in [0.4, 0.5) is 0 Å². The van der Waals surface area contributed by atoms with Crippen LogP contribution in [0.15, 0.2) is 23.6 Å². The molecule has 1 aromatic heterocycles. The van der Waals surface area contributed by atoms with E-state index in [-0.39, 0.29) is 12.0 Å². The number of thiazole rings is 1. The maximum Gasteiger partial charge on any atom is 0.273 e. The van der Waals surface area contributed by atoms with Crippen LogP contribution >= 0.6 is 11.3 Å². The standard InChI is InChI=1S/C18H22N2O2S/c1-12-5-4-6-13(2)17(12)22-15-7-9-20(10-8-15)18(21)16-11-23-14(3)19-16/h4-6,11,15H,7-10H2,1-3H3. The number of carbonyl (C=O) groups is 1. The van der Waals surface area contributed by atoms with Crippen molar-refractivity contribution in [3.63, 3.8) is 0 Å². The van der Waals surface area contributed by atoms with Crippen LogP contribution in [-0.2, 0) is 0 Å². The van der Waals surface area contributed by atoms with Crippen LogP contribution in [0.1, 0.15) is 39.5 Å². The first kappa shape index (κ1) is 16.0. The quantitative estimate of drug-likeness (QED) is 0.861. The predicted molar refractivity (Wildman–Crippen MR) is 92.3 cm³/mol. The van der Waals surface area contributed by atoms with E-state index in [2.05, 4.69) is 37.0 Å². The number of piperidine rings is 1. The van der Waals surface area contributed by atoms with Crippen molar-refractivity contribution in [2.24, 2.45) is 0 Å². The largest absolute Gasteiger partial charge is 0.490 e. The SMILES string of the molecule is Cc1nc(C(=O)N2CCC(Oc3c(C)cccc3C)CC2)cs1. The molecule has 1 aromatic carbocycles. The lowest BCUT2D eigenvalue weighted by Crippen LogP contribution is -2.42. The minimum absolute atomic E-state index is 0.0415. The van der Waals surface area contributed by atoms with Crippen molar-refractivity contribution in [1.82, 2.24) is 9.88 Å². The van der Waals surface area contributed by atoms with E-state index in [1.807, 2.05) is 17.2 Å². The van der Waals surface area contributed by atoms with Gasteiger partial charge >= 0.3 is 0 Å². The van der Waals surface area contributed by atoms with E-state index in [4.69, 9.17) is 4.74 Å². The molecule has 0 unspecified atom stereocenters. The molecule has 1 aliphatic rings. The predicted octanol–water partition coefficient (Wildman–Crippen LogP) is 3.75. The first-order valence-corrected chi connectivity index (χ1v) is 8.87. The molecule has 1 saturated heterocycles. The van der Waals surface area contributed by atoms with Gasteiger partial charge in [-0.05, 0) is 31.9 Å². The molecule has 0 spiro atoms. The van der Waals surface area contributed by atoms with Gasteiger partial charge in [0.15, 0.2) is 0 Å². The summed E-state index contributed by atoms with van der Waals surface area (Å²) in [5.41, 5.74) is 2.91. The molecule has 5 heteroatoms. The Balaban J connectivity index is 1.59. The molecule has 1 amide bonds. The van der Waals surface area contributed by atoms with Crippen molar-refractivity contribution in [2.45, 2.75) is 39.7 Å². The lowest BCUT2D eigenvalue weighted by atomic mass is 10.1. The van der Waals surface area contributed by atoms with Crippen molar-refractivity contribution >= 4 is 17.2 Å². The van der Waals surface area contributed by atoms with Crippen molar-refractivity contribution < 1.29 is 9.53 Å². The second-order valence-corrected chi connectivity index (χ2v) is 7.14. The number of aryl methyl sites for hydroxylation is 3. The fraction of sp³-hybridized carbons (Fsp3) is 0.444. The van der Waals surface area contributed by atoms with Gasteiger partial charge < -0.3 is 9.64 Å². The number of aromatic nitrogens is 1. The van der Waals surface area contributed by atoms with Crippen molar-refractivity contribution in [2.75, 3.05) is 13.1 Å². The summed E-state index contributed by atoms with van der Waals surface area (Å²) >= 11 is 1.52. The minimum atomic E-state index is 0.0415. The molecule has 122 valence electrons. The van der Waals surface area contributed by atoms with E-state index in [0.29, 0.717) is 5.69 Å². The third kappa shape index (κ3) is 3.55. The lowest BCUT2D eigenvalue weighted by Gasteiger charge is -2.32. The average molecular weight is 330 g/mol. The summed E-state index contributed by atoms with van der Waals surface area (Å²) in [6.07, 6.45) is 1.90. The molecule has 23 heavy (non-hydrogen) atoms. The fourth-order valence-electron chi connectivity index (χ4n) is 2.95. The van der Waals surface area contributed by atoms with Crippen LogP contribution in [0.3, 0.4) is 0 Å². The summed E-state index contributed by atoms with van der Waals surface area (Å²) in [6, 6.07) is 6.20. The van der Waals surface area contributed by atoms with Crippen molar-refractivity contribution in [3.8, 4) is 5.75 Å². The number of benzene rings is 1. The second-order valence-electron chi connectivity index (χ2n) is 6.08. The molecule has 0 atom stereocenters. The number of carbonyl (C=O) groups excluding carboxylic acids is 1. The number of amides is 1. The van der Waals surface area contributed by atoms with Crippen LogP contribution in [0.25, 0.3) is 0 Å². The van der Waals surface area contributed by atoms with Crippen molar-refractivity contribution in [1.29, 1.82) is 0 Å². The Morgan fingerprint density at radius 3 is 2.43 bits per heavy atom. The molecular weight excluding hydrogens is 308 g/mol. The Morgan fingerprint density at radius 2 is 1.87 bits per heavy atom. The van der Waals surface area contributed by atoms with Crippen molar-refractivity contribution in [3.05, 3.63) is 45.4 Å². The van der Waals surface area contributed by atoms with Gasteiger partial charge in [-0.2, -0.15) is 0 Å². The molecule has 3 rings (SSSR count). The number of hydrogen-bond donors (Lipinski definition) is 0. The van der Waals surface area contributed by atoms with Crippen LogP contribution in [-0.4, -0.2) is 35.0 Å². The lowest BCUT2D eigenvalue weighted by molar-refractivity contribution is 0.0588. The van der Waals surface area contributed by atoms with E-state index < -0.39 is 0 Å². The molecule has 1 aliphatic heterocycles. The molecule has 1 fully saturated rings. The van der Waals surface area contributed by atoms with Crippen LogP contribution in [0.2, 0.25) is 0 Å². The molecule has 0 bridgehead atoms. The molecule has 0 aliphatic carbocycles. The Morgan fingerprint density at radius 1 is 1.22 bits per heavy atom. The monoisotopic (exact) mass is 330 g/mol. The summed E-state index contributed by atoms with van der Waals surface area (Å²) < 4.78 is 6.20. The molecule has 2 heterocycles. The Labute approximate surface area is 141 Å². The Hall–Kier alpha value is -1.88. The molecule has 2 aromatic rings. The number of likely N-dealkylation sites (tertiary alicyclic amines) is 1. The van der Waals surface area contributed by atoms with Gasteiger partial charge in [-0.15, -0.1) is 11.3 Å². The summed E-state index contributed by atoms with van der Waals surface area (Å²) in [5.74, 6) is 1.03. The first-order chi connectivity index (χ1) is 11.0. The zero-order valence-electron chi connectivity index (χ0n) is 13.8. The topological polar surface area (TPSA) is 42.4 Å². The molecular formula is C18H22N2O2S. The van der Waals surface area contributed by atoms with Gasteiger partial charge in [-0.3, -0.25) is 4.79 Å². The Kier molecular flexibility index (Phi) is 4.66. The van der Waals surface area contributed by atoms with Crippen LogP contribution < -0.4 is 4.74 Å². The molecule has 0 N–H and O–H groups in total. The summed E-state index contributed by atoms with van der Waals surface area (Å²) in [6.45, 7) is 7.53. The number of rotatable bonds is 3. The first-order valence-electron chi connectivity index (χ1n) is 7.99. The van der Waals surface area contributed by atoms with Gasteiger partial charge in [0.1, 0.15) is 17.5 Å². The maximum atomic E-state index is 12.4.